The predicted molar refractivity (Wildman–Crippen MR) is 124 cm³/mol. The number of fused-ring (bicyclic) bond motifs is 1. The second-order valence-corrected chi connectivity index (χ2v) is 8.51. The monoisotopic (exact) mass is 480 g/mol. The Hall–Kier alpha value is -3.79. The van der Waals surface area contributed by atoms with E-state index in [2.05, 4.69) is 15.1 Å². The number of carbonyl (C=O) groups is 1. The van der Waals surface area contributed by atoms with Crippen molar-refractivity contribution < 1.29 is 18.0 Å². The molecule has 35 heavy (non-hydrogen) atoms. The summed E-state index contributed by atoms with van der Waals surface area (Å²) >= 11 is 0. The number of piperidine rings is 1. The first-order valence-corrected chi connectivity index (χ1v) is 11.4. The van der Waals surface area contributed by atoms with Gasteiger partial charge in [-0.25, -0.2) is 14.5 Å². The smallest absolute Gasteiger partial charge is 0.334 e. The molecule has 0 saturated carbocycles. The number of alkyl halides is 3. The van der Waals surface area contributed by atoms with E-state index in [0.29, 0.717) is 23.4 Å². The van der Waals surface area contributed by atoms with Crippen molar-refractivity contribution in [3.05, 3.63) is 72.2 Å². The van der Waals surface area contributed by atoms with Gasteiger partial charge in [0.25, 0.3) is 5.91 Å². The van der Waals surface area contributed by atoms with Crippen LogP contribution in [0.5, 0.6) is 0 Å². The van der Waals surface area contributed by atoms with Crippen LogP contribution in [-0.4, -0.2) is 49.5 Å². The van der Waals surface area contributed by atoms with Gasteiger partial charge in [0.05, 0.1) is 23.1 Å². The van der Waals surface area contributed by atoms with Gasteiger partial charge in [0, 0.05) is 36.5 Å². The lowest BCUT2D eigenvalue weighted by atomic mass is 10.0. The van der Waals surface area contributed by atoms with Crippen molar-refractivity contribution in [2.45, 2.75) is 31.5 Å². The Kier molecular flexibility index (Phi) is 5.98. The number of halogens is 3. The largest absolute Gasteiger partial charge is 0.433 e. The number of rotatable bonds is 4. The first kappa shape index (κ1) is 23.0. The quantitative estimate of drug-likeness (QED) is 0.467. The summed E-state index contributed by atoms with van der Waals surface area (Å²) in [5.41, 5.74) is 6.74. The topological polar surface area (TPSA) is 89.4 Å². The summed E-state index contributed by atoms with van der Waals surface area (Å²) in [7, 11) is 0. The first-order chi connectivity index (χ1) is 16.8. The van der Waals surface area contributed by atoms with Crippen LogP contribution in [0.25, 0.3) is 28.2 Å². The average molecular weight is 480 g/mol. The average Bonchev–Trinajstić information content (AvgIpc) is 3.31. The molecule has 5 rings (SSSR count). The SMILES string of the molecule is NC[C@H]1CCCCN1C(=O)c1cc(-c2cnn3ccc(-c4ccccc4)nc23)nc(C(F)(F)F)c1. The van der Waals surface area contributed by atoms with E-state index < -0.39 is 17.8 Å². The van der Waals surface area contributed by atoms with E-state index in [-0.39, 0.29) is 23.8 Å². The van der Waals surface area contributed by atoms with Crippen LogP contribution in [0.3, 0.4) is 0 Å². The van der Waals surface area contributed by atoms with Gasteiger partial charge in [-0.3, -0.25) is 4.79 Å². The molecule has 4 aromatic rings. The lowest BCUT2D eigenvalue weighted by molar-refractivity contribution is -0.141. The Labute approximate surface area is 199 Å². The lowest BCUT2D eigenvalue weighted by Gasteiger charge is -2.35. The zero-order valence-electron chi connectivity index (χ0n) is 18.7. The third-order valence-electron chi connectivity index (χ3n) is 6.24. The maximum absolute atomic E-state index is 13.8. The molecule has 10 heteroatoms. The summed E-state index contributed by atoms with van der Waals surface area (Å²) < 4.78 is 42.9. The van der Waals surface area contributed by atoms with E-state index in [0.717, 1.165) is 30.9 Å². The molecule has 3 aromatic heterocycles. The number of aromatic nitrogens is 4. The molecule has 1 atom stereocenters. The van der Waals surface area contributed by atoms with Crippen LogP contribution in [0.4, 0.5) is 13.2 Å². The number of pyridine rings is 1. The maximum Gasteiger partial charge on any atom is 0.433 e. The number of hydrogen-bond acceptors (Lipinski definition) is 5. The van der Waals surface area contributed by atoms with Gasteiger partial charge in [-0.05, 0) is 37.5 Å². The van der Waals surface area contributed by atoms with Crippen molar-refractivity contribution in [2.75, 3.05) is 13.1 Å². The van der Waals surface area contributed by atoms with Crippen molar-refractivity contribution in [2.24, 2.45) is 5.73 Å². The minimum atomic E-state index is -4.73. The van der Waals surface area contributed by atoms with Gasteiger partial charge in [-0.1, -0.05) is 30.3 Å². The van der Waals surface area contributed by atoms with E-state index in [4.69, 9.17) is 5.73 Å². The van der Waals surface area contributed by atoms with Gasteiger partial charge in [-0.15, -0.1) is 0 Å². The number of nitrogens with two attached hydrogens (primary N) is 1. The molecule has 0 unspecified atom stereocenters. The van der Waals surface area contributed by atoms with E-state index in [1.165, 1.54) is 16.8 Å². The number of likely N-dealkylation sites (tertiary alicyclic amines) is 1. The maximum atomic E-state index is 13.8. The van der Waals surface area contributed by atoms with Crippen molar-refractivity contribution in [3.8, 4) is 22.5 Å². The highest BCUT2D eigenvalue weighted by atomic mass is 19.4. The Morgan fingerprint density at radius 3 is 2.60 bits per heavy atom. The van der Waals surface area contributed by atoms with Crippen LogP contribution in [0.1, 0.15) is 35.3 Å². The normalized spacial score (nSPS) is 16.6. The zero-order valence-corrected chi connectivity index (χ0v) is 18.7. The van der Waals surface area contributed by atoms with Gasteiger partial charge >= 0.3 is 6.18 Å². The van der Waals surface area contributed by atoms with E-state index in [9.17, 15) is 18.0 Å². The molecule has 1 aliphatic heterocycles. The summed E-state index contributed by atoms with van der Waals surface area (Å²) in [4.78, 5) is 23.4. The van der Waals surface area contributed by atoms with Crippen LogP contribution >= 0.6 is 0 Å². The van der Waals surface area contributed by atoms with E-state index >= 15 is 0 Å². The van der Waals surface area contributed by atoms with Gasteiger partial charge in [-0.2, -0.15) is 18.3 Å². The van der Waals surface area contributed by atoms with Crippen LogP contribution < -0.4 is 5.73 Å². The lowest BCUT2D eigenvalue weighted by Crippen LogP contribution is -2.47. The van der Waals surface area contributed by atoms with Crippen LogP contribution in [-0.2, 0) is 6.18 Å². The van der Waals surface area contributed by atoms with Gasteiger partial charge < -0.3 is 10.6 Å². The first-order valence-electron chi connectivity index (χ1n) is 11.4. The fraction of sp³-hybridized carbons (Fsp3) is 0.280. The Morgan fingerprint density at radius 1 is 1.06 bits per heavy atom. The Bertz CT molecular complexity index is 1370. The predicted octanol–water partition coefficient (Wildman–Crippen LogP) is 4.43. The van der Waals surface area contributed by atoms with Gasteiger partial charge in [0.1, 0.15) is 5.69 Å². The molecule has 0 bridgehead atoms. The molecule has 0 spiro atoms. The molecule has 2 N–H and O–H groups in total. The number of amides is 1. The van der Waals surface area contributed by atoms with Crippen molar-refractivity contribution in [1.29, 1.82) is 0 Å². The van der Waals surface area contributed by atoms with Gasteiger partial charge in [0.2, 0.25) is 0 Å². The third-order valence-corrected chi connectivity index (χ3v) is 6.24. The summed E-state index contributed by atoms with van der Waals surface area (Å²) in [5.74, 6) is -0.483. The summed E-state index contributed by atoms with van der Waals surface area (Å²) in [6.07, 6.45) is 0.814. The van der Waals surface area contributed by atoms with Crippen LogP contribution in [0.2, 0.25) is 0 Å². The highest BCUT2D eigenvalue weighted by Crippen LogP contribution is 2.33. The molecule has 1 fully saturated rings. The van der Waals surface area contributed by atoms with E-state index in [1.54, 1.807) is 17.2 Å². The number of benzene rings is 1. The minimum absolute atomic E-state index is 0.0165. The zero-order chi connectivity index (χ0) is 24.6. The fourth-order valence-electron chi connectivity index (χ4n) is 4.44. The molecule has 1 aliphatic rings. The number of carbonyl (C=O) groups excluding carboxylic acids is 1. The van der Waals surface area contributed by atoms with Crippen LogP contribution in [0, 0.1) is 0 Å². The molecule has 1 saturated heterocycles. The molecule has 0 radical (unpaired) electrons. The highest BCUT2D eigenvalue weighted by molar-refractivity contribution is 5.96. The fourth-order valence-corrected chi connectivity index (χ4v) is 4.44. The van der Waals surface area contributed by atoms with Gasteiger partial charge in [0.15, 0.2) is 5.65 Å². The second-order valence-electron chi connectivity index (χ2n) is 8.51. The summed E-state index contributed by atoms with van der Waals surface area (Å²) in [5, 5.41) is 4.23. The number of nitrogens with zero attached hydrogens (tertiary/aromatic N) is 5. The van der Waals surface area contributed by atoms with Crippen LogP contribution in [0.15, 0.2) is 60.9 Å². The summed E-state index contributed by atoms with van der Waals surface area (Å²) in [6, 6.07) is 13.2. The molecule has 0 aliphatic carbocycles. The molecule has 180 valence electrons. The van der Waals surface area contributed by atoms with E-state index in [1.807, 2.05) is 30.3 Å². The molecule has 7 nitrogen and oxygen atoms in total. The van der Waals surface area contributed by atoms with Crippen molar-refractivity contribution in [1.82, 2.24) is 24.5 Å². The molecule has 1 amide bonds. The van der Waals surface area contributed by atoms with Crippen molar-refractivity contribution in [3.63, 3.8) is 0 Å². The summed E-state index contributed by atoms with van der Waals surface area (Å²) in [6.45, 7) is 0.717. The minimum Gasteiger partial charge on any atom is -0.334 e. The molecular formula is C25H23F3N6O. The molecule has 4 heterocycles. The van der Waals surface area contributed by atoms with Crippen molar-refractivity contribution >= 4 is 11.6 Å². The Morgan fingerprint density at radius 2 is 1.86 bits per heavy atom. The highest BCUT2D eigenvalue weighted by Gasteiger charge is 2.35. The molecule has 1 aromatic carbocycles. The molecular weight excluding hydrogens is 457 g/mol. The third kappa shape index (κ3) is 4.49. The second kappa shape index (κ2) is 9.10. The Balaban J connectivity index is 1.62. The number of hydrogen-bond donors (Lipinski definition) is 1. The standard InChI is InChI=1S/C25H23F3N6O/c26-25(27,28)22-13-17(24(35)33-10-5-4-8-18(33)14-29)12-21(31-22)19-15-30-34-11-9-20(32-23(19)34)16-6-2-1-3-7-16/h1-3,6-7,9,11-13,15,18H,4-5,8,10,14,29H2/t18-/m1/s1.